The summed E-state index contributed by atoms with van der Waals surface area (Å²) >= 11 is 11.9. The Balaban J connectivity index is 1.47. The fraction of sp³-hybridized carbons (Fsp3) is 0.333. The van der Waals surface area contributed by atoms with E-state index < -0.39 is 28.5 Å². The first-order valence-corrected chi connectivity index (χ1v) is 13.1. The van der Waals surface area contributed by atoms with Crippen LogP contribution in [0.1, 0.15) is 36.8 Å². The van der Waals surface area contributed by atoms with Crippen molar-refractivity contribution >= 4 is 51.2 Å². The van der Waals surface area contributed by atoms with Gasteiger partial charge in [0, 0.05) is 35.8 Å². The Morgan fingerprint density at radius 3 is 2.32 bits per heavy atom. The molecule has 0 spiro atoms. The lowest BCUT2D eigenvalue weighted by molar-refractivity contribution is -0.143. The van der Waals surface area contributed by atoms with Crippen LogP contribution in [0.2, 0.25) is 10.0 Å². The van der Waals surface area contributed by atoms with Gasteiger partial charge in [0.1, 0.15) is 0 Å². The first kappa shape index (κ1) is 26.2. The van der Waals surface area contributed by atoms with Crippen LogP contribution in [0.3, 0.4) is 0 Å². The second-order valence-corrected chi connectivity index (χ2v) is 10.6. The first-order chi connectivity index (χ1) is 16.3. The van der Waals surface area contributed by atoms with Crippen molar-refractivity contribution < 1.29 is 22.7 Å². The number of ether oxygens (including phenoxy) is 1. The van der Waals surface area contributed by atoms with Crippen molar-refractivity contribution in [3.63, 3.8) is 0 Å². The first-order valence-electron chi connectivity index (χ1n) is 10.9. The van der Waals surface area contributed by atoms with Gasteiger partial charge in [-0.25, -0.2) is 13.2 Å². The number of esters is 1. The van der Waals surface area contributed by atoms with Crippen LogP contribution in [0, 0.1) is 0 Å². The van der Waals surface area contributed by atoms with E-state index in [4.69, 9.17) is 27.9 Å². The largest absolute Gasteiger partial charge is 0.452 e. The molecule has 0 aromatic heterocycles. The van der Waals surface area contributed by atoms with E-state index in [1.807, 2.05) is 0 Å². The Morgan fingerprint density at radius 2 is 1.68 bits per heavy atom. The summed E-state index contributed by atoms with van der Waals surface area (Å²) in [7, 11) is -3.52. The summed E-state index contributed by atoms with van der Waals surface area (Å²) in [4.78, 5) is 24.1. The van der Waals surface area contributed by atoms with E-state index in [0.29, 0.717) is 34.3 Å². The van der Waals surface area contributed by atoms with Crippen LogP contribution in [0.4, 0.5) is 0 Å². The fourth-order valence-corrected chi connectivity index (χ4v) is 5.43. The number of benzene rings is 2. The van der Waals surface area contributed by atoms with Gasteiger partial charge in [-0.1, -0.05) is 54.2 Å². The average molecular weight is 525 g/mol. The molecule has 182 valence electrons. The number of rotatable bonds is 8. The van der Waals surface area contributed by atoms with Gasteiger partial charge in [0.05, 0.1) is 4.90 Å². The maximum Gasteiger partial charge on any atom is 0.331 e. The molecule has 7 nitrogen and oxygen atoms in total. The molecule has 0 unspecified atom stereocenters. The maximum atomic E-state index is 12.8. The minimum atomic E-state index is -3.52. The number of carbonyl (C=O) groups excluding carboxylic acids is 2. The number of nitrogens with one attached hydrogen (secondary N) is 1. The molecule has 0 saturated carbocycles. The summed E-state index contributed by atoms with van der Waals surface area (Å²) in [5.74, 6) is -1.17. The molecule has 1 heterocycles. The van der Waals surface area contributed by atoms with Crippen LogP contribution < -0.4 is 5.32 Å². The lowest BCUT2D eigenvalue weighted by Crippen LogP contribution is -2.31. The van der Waals surface area contributed by atoms with E-state index in [1.54, 1.807) is 30.3 Å². The Hall–Kier alpha value is -2.39. The Bertz CT molecular complexity index is 1140. The van der Waals surface area contributed by atoms with E-state index in [0.717, 1.165) is 25.7 Å². The van der Waals surface area contributed by atoms with Gasteiger partial charge in [0.25, 0.3) is 5.91 Å². The van der Waals surface area contributed by atoms with Gasteiger partial charge in [-0.05, 0) is 54.3 Å². The highest BCUT2D eigenvalue weighted by atomic mass is 35.5. The second-order valence-electron chi connectivity index (χ2n) is 7.84. The zero-order chi connectivity index (χ0) is 24.6. The molecule has 0 atom stereocenters. The Kier molecular flexibility index (Phi) is 9.53. The summed E-state index contributed by atoms with van der Waals surface area (Å²) < 4.78 is 32.1. The maximum absolute atomic E-state index is 12.8. The third kappa shape index (κ3) is 7.56. The zero-order valence-electron chi connectivity index (χ0n) is 18.5. The molecule has 1 N–H and O–H groups in total. The lowest BCUT2D eigenvalue weighted by atomic mass is 10.2. The van der Waals surface area contributed by atoms with Crippen molar-refractivity contribution in [2.24, 2.45) is 0 Å². The van der Waals surface area contributed by atoms with Gasteiger partial charge >= 0.3 is 5.97 Å². The SMILES string of the molecule is O=C(COC(=O)C=Cc1ccc(S(=O)(=O)N2CCCCCC2)cc1)NCc1ccc(Cl)cc1Cl. The number of hydrogen-bond donors (Lipinski definition) is 1. The smallest absolute Gasteiger partial charge is 0.331 e. The van der Waals surface area contributed by atoms with Crippen molar-refractivity contribution in [3.8, 4) is 0 Å². The number of hydrogen-bond acceptors (Lipinski definition) is 5. The van der Waals surface area contributed by atoms with Crippen molar-refractivity contribution in [2.45, 2.75) is 37.1 Å². The normalized spacial score (nSPS) is 15.1. The Labute approximate surface area is 209 Å². The van der Waals surface area contributed by atoms with E-state index >= 15 is 0 Å². The molecule has 1 saturated heterocycles. The molecule has 1 fully saturated rings. The molecule has 1 amide bonds. The molecular weight excluding hydrogens is 499 g/mol. The van der Waals surface area contributed by atoms with Crippen LogP contribution in [-0.4, -0.2) is 44.3 Å². The number of sulfonamides is 1. The average Bonchev–Trinajstić information content (AvgIpc) is 3.11. The molecule has 3 rings (SSSR count). The highest BCUT2D eigenvalue weighted by Crippen LogP contribution is 2.22. The van der Waals surface area contributed by atoms with Crippen molar-refractivity contribution in [3.05, 3.63) is 69.7 Å². The number of carbonyl (C=O) groups is 2. The summed E-state index contributed by atoms with van der Waals surface area (Å²) in [6, 6.07) is 11.2. The quantitative estimate of drug-likeness (QED) is 0.407. The third-order valence-electron chi connectivity index (χ3n) is 5.33. The number of nitrogens with zero attached hydrogens (tertiary/aromatic N) is 1. The monoisotopic (exact) mass is 524 g/mol. The zero-order valence-corrected chi connectivity index (χ0v) is 20.8. The molecule has 1 aliphatic rings. The van der Waals surface area contributed by atoms with E-state index in [2.05, 4.69) is 5.32 Å². The van der Waals surface area contributed by atoms with Gasteiger partial charge < -0.3 is 10.1 Å². The molecule has 10 heteroatoms. The van der Waals surface area contributed by atoms with Crippen molar-refractivity contribution in [1.29, 1.82) is 0 Å². The molecule has 2 aromatic carbocycles. The van der Waals surface area contributed by atoms with E-state index in [1.165, 1.54) is 28.6 Å². The molecule has 0 aliphatic carbocycles. The van der Waals surface area contributed by atoms with Crippen LogP contribution in [-0.2, 0) is 30.9 Å². The van der Waals surface area contributed by atoms with Crippen LogP contribution in [0.5, 0.6) is 0 Å². The van der Waals surface area contributed by atoms with Crippen molar-refractivity contribution in [2.75, 3.05) is 19.7 Å². The molecule has 0 bridgehead atoms. The summed E-state index contributed by atoms with van der Waals surface area (Å²) in [6.45, 7) is 0.808. The molecule has 2 aromatic rings. The molecule has 0 radical (unpaired) electrons. The molecule has 34 heavy (non-hydrogen) atoms. The van der Waals surface area contributed by atoms with Gasteiger partial charge in [-0.2, -0.15) is 4.31 Å². The van der Waals surface area contributed by atoms with Crippen LogP contribution >= 0.6 is 23.2 Å². The summed E-state index contributed by atoms with van der Waals surface area (Å²) in [6.07, 6.45) is 6.51. The molecular formula is C24H26Cl2N2O5S. The highest BCUT2D eigenvalue weighted by Gasteiger charge is 2.24. The van der Waals surface area contributed by atoms with Gasteiger partial charge in [0.2, 0.25) is 10.0 Å². The molecule has 1 aliphatic heterocycles. The number of halogens is 2. The minimum Gasteiger partial charge on any atom is -0.452 e. The highest BCUT2D eigenvalue weighted by molar-refractivity contribution is 7.89. The lowest BCUT2D eigenvalue weighted by Gasteiger charge is -2.19. The topological polar surface area (TPSA) is 92.8 Å². The van der Waals surface area contributed by atoms with Crippen LogP contribution in [0.25, 0.3) is 6.08 Å². The van der Waals surface area contributed by atoms with Gasteiger partial charge in [0.15, 0.2) is 6.61 Å². The van der Waals surface area contributed by atoms with Gasteiger partial charge in [-0.3, -0.25) is 4.79 Å². The van der Waals surface area contributed by atoms with E-state index in [-0.39, 0.29) is 11.4 Å². The second kappa shape index (κ2) is 12.4. The Morgan fingerprint density at radius 1 is 1.00 bits per heavy atom. The van der Waals surface area contributed by atoms with Crippen LogP contribution in [0.15, 0.2) is 53.4 Å². The third-order valence-corrected chi connectivity index (χ3v) is 7.83. The minimum absolute atomic E-state index is 0.176. The van der Waals surface area contributed by atoms with E-state index in [9.17, 15) is 18.0 Å². The van der Waals surface area contributed by atoms with Gasteiger partial charge in [-0.15, -0.1) is 0 Å². The fourth-order valence-electron chi connectivity index (χ4n) is 3.44. The predicted octanol–water partition coefficient (Wildman–Crippen LogP) is 4.43. The summed E-state index contributed by atoms with van der Waals surface area (Å²) in [5, 5.41) is 3.53. The number of amides is 1. The summed E-state index contributed by atoms with van der Waals surface area (Å²) in [5.41, 5.74) is 1.32. The van der Waals surface area contributed by atoms with Crippen molar-refractivity contribution in [1.82, 2.24) is 9.62 Å². The predicted molar refractivity (Wildman–Crippen MR) is 132 cm³/mol. The standard InChI is InChI=1S/C24H26Cl2N2O5S/c25-20-9-8-19(22(26)15-20)16-27-23(29)17-33-24(30)12-7-18-5-10-21(11-6-18)34(31,32)28-13-3-1-2-4-14-28/h5-12,15H,1-4,13-14,16-17H2,(H,27,29).